The number of nitrogens with zero attached hydrogens (tertiary/aromatic N) is 4. The Morgan fingerprint density at radius 3 is 2.62 bits per heavy atom. The molecule has 0 radical (unpaired) electrons. The molecule has 8 nitrogen and oxygen atoms in total. The summed E-state index contributed by atoms with van der Waals surface area (Å²) in [6.45, 7) is 2.59. The highest BCUT2D eigenvalue weighted by Crippen LogP contribution is 2.31. The van der Waals surface area contributed by atoms with Crippen molar-refractivity contribution in [2.24, 2.45) is 0 Å². The highest BCUT2D eigenvalue weighted by Gasteiger charge is 2.32. The molecule has 1 amide bonds. The van der Waals surface area contributed by atoms with Crippen LogP contribution < -0.4 is 20.1 Å². The fraction of sp³-hybridized carbons (Fsp3) is 0.353. The van der Waals surface area contributed by atoms with Crippen LogP contribution in [0.3, 0.4) is 0 Å². The van der Waals surface area contributed by atoms with Crippen molar-refractivity contribution in [1.29, 1.82) is 0 Å². The minimum atomic E-state index is -0.624. The largest absolute Gasteiger partial charge is 0.485 e. The van der Waals surface area contributed by atoms with Gasteiger partial charge in [0.05, 0.1) is 0 Å². The van der Waals surface area contributed by atoms with Crippen molar-refractivity contribution in [3.63, 3.8) is 0 Å². The number of ether oxygens (including phenoxy) is 2. The van der Waals surface area contributed by atoms with Gasteiger partial charge in [-0.1, -0.05) is 23.7 Å². The first kappa shape index (κ1) is 16.7. The fourth-order valence-corrected chi connectivity index (χ4v) is 3.27. The molecule has 0 unspecified atom stereocenters. The van der Waals surface area contributed by atoms with Crippen LogP contribution in [0.25, 0.3) is 0 Å². The third kappa shape index (κ3) is 3.32. The molecule has 0 spiro atoms. The Kier molecular flexibility index (Phi) is 4.42. The average molecular weight is 376 g/mol. The van der Waals surface area contributed by atoms with Crippen molar-refractivity contribution in [2.45, 2.75) is 6.10 Å². The summed E-state index contributed by atoms with van der Waals surface area (Å²) in [5.41, 5.74) is 5.65. The van der Waals surface area contributed by atoms with Gasteiger partial charge in [0.15, 0.2) is 11.5 Å². The van der Waals surface area contributed by atoms with Crippen LogP contribution in [-0.4, -0.2) is 59.7 Å². The first-order valence-corrected chi connectivity index (χ1v) is 8.70. The number of rotatable bonds is 2. The Hall–Kier alpha value is -2.74. The van der Waals surface area contributed by atoms with Crippen molar-refractivity contribution in [2.75, 3.05) is 43.4 Å². The van der Waals surface area contributed by atoms with Gasteiger partial charge in [0.25, 0.3) is 5.91 Å². The summed E-state index contributed by atoms with van der Waals surface area (Å²) in [4.78, 5) is 24.6. The number of amides is 1. The molecule has 1 aromatic carbocycles. The van der Waals surface area contributed by atoms with Gasteiger partial charge in [0, 0.05) is 32.2 Å². The zero-order valence-corrected chi connectivity index (χ0v) is 14.7. The Morgan fingerprint density at radius 1 is 1.15 bits per heavy atom. The third-order valence-electron chi connectivity index (χ3n) is 4.40. The number of fused-ring (bicyclic) bond motifs is 1. The SMILES string of the molecule is Nc1nc(Cl)cc(N2CCN(C(=O)[C@@H]3COc4ccccc4O3)CC2)n1. The molecule has 1 aromatic heterocycles. The molecule has 9 heteroatoms. The molecule has 1 atom stereocenters. The number of hydrogen-bond acceptors (Lipinski definition) is 7. The molecule has 0 saturated carbocycles. The Labute approximate surface area is 155 Å². The molecular weight excluding hydrogens is 358 g/mol. The summed E-state index contributed by atoms with van der Waals surface area (Å²) < 4.78 is 11.4. The number of benzene rings is 1. The molecule has 4 rings (SSSR count). The molecule has 26 heavy (non-hydrogen) atoms. The van der Waals surface area contributed by atoms with Gasteiger partial charge >= 0.3 is 0 Å². The maximum absolute atomic E-state index is 12.8. The van der Waals surface area contributed by atoms with E-state index in [1.165, 1.54) is 0 Å². The van der Waals surface area contributed by atoms with Gasteiger partial charge in [-0.05, 0) is 12.1 Å². The summed E-state index contributed by atoms with van der Waals surface area (Å²) in [6.07, 6.45) is -0.624. The number of nitrogen functional groups attached to an aromatic ring is 1. The highest BCUT2D eigenvalue weighted by atomic mass is 35.5. The fourth-order valence-electron chi connectivity index (χ4n) is 3.09. The molecule has 0 bridgehead atoms. The molecule has 0 aliphatic carbocycles. The summed E-state index contributed by atoms with van der Waals surface area (Å²) in [7, 11) is 0. The van der Waals surface area contributed by atoms with Crippen molar-refractivity contribution in [3.05, 3.63) is 35.5 Å². The van der Waals surface area contributed by atoms with Crippen LogP contribution >= 0.6 is 11.6 Å². The topological polar surface area (TPSA) is 93.8 Å². The number of piperazine rings is 1. The summed E-state index contributed by atoms with van der Waals surface area (Å²) >= 11 is 5.94. The molecule has 1 fully saturated rings. The molecule has 2 aromatic rings. The van der Waals surface area contributed by atoms with E-state index in [0.717, 1.165) is 0 Å². The molecular formula is C17H18ClN5O3. The zero-order valence-electron chi connectivity index (χ0n) is 14.0. The van der Waals surface area contributed by atoms with Gasteiger partial charge in [0.2, 0.25) is 12.1 Å². The third-order valence-corrected chi connectivity index (χ3v) is 4.59. The number of hydrogen-bond donors (Lipinski definition) is 1. The zero-order chi connectivity index (χ0) is 18.1. The lowest BCUT2D eigenvalue weighted by Gasteiger charge is -2.37. The molecule has 136 valence electrons. The van der Waals surface area contributed by atoms with Crippen LogP contribution in [0.2, 0.25) is 5.15 Å². The van der Waals surface area contributed by atoms with E-state index in [-0.39, 0.29) is 18.5 Å². The standard InChI is InChI=1S/C17H18ClN5O3/c18-14-9-15(21-17(19)20-14)22-5-7-23(8-6-22)16(24)13-10-25-11-3-1-2-4-12(11)26-13/h1-4,9,13H,5-8,10H2,(H2,19,20,21)/t13-/m0/s1. The Bertz CT molecular complexity index is 806. The summed E-state index contributed by atoms with van der Waals surface area (Å²) in [5, 5.41) is 0.303. The number of nitrogens with two attached hydrogens (primary N) is 1. The van der Waals surface area contributed by atoms with Crippen LogP contribution in [-0.2, 0) is 4.79 Å². The van der Waals surface area contributed by atoms with Crippen molar-refractivity contribution >= 4 is 29.3 Å². The van der Waals surface area contributed by atoms with E-state index < -0.39 is 6.10 Å². The first-order chi connectivity index (χ1) is 12.6. The lowest BCUT2D eigenvalue weighted by Crippen LogP contribution is -2.54. The molecule has 2 aliphatic heterocycles. The molecule has 1 saturated heterocycles. The normalized spacial score (nSPS) is 19.3. The number of anilines is 2. The quantitative estimate of drug-likeness (QED) is 0.788. The van der Waals surface area contributed by atoms with Crippen LogP contribution in [0.4, 0.5) is 11.8 Å². The highest BCUT2D eigenvalue weighted by molar-refractivity contribution is 6.29. The van der Waals surface area contributed by atoms with E-state index in [2.05, 4.69) is 9.97 Å². The van der Waals surface area contributed by atoms with E-state index >= 15 is 0 Å². The van der Waals surface area contributed by atoms with E-state index in [9.17, 15) is 4.79 Å². The van der Waals surface area contributed by atoms with E-state index in [0.29, 0.717) is 48.6 Å². The summed E-state index contributed by atoms with van der Waals surface area (Å²) in [5.74, 6) is 2.00. The van der Waals surface area contributed by atoms with Crippen LogP contribution in [0.1, 0.15) is 0 Å². The van der Waals surface area contributed by atoms with E-state index in [4.69, 9.17) is 26.8 Å². The molecule has 2 aliphatic rings. The van der Waals surface area contributed by atoms with Crippen LogP contribution in [0, 0.1) is 0 Å². The van der Waals surface area contributed by atoms with Gasteiger partial charge < -0.3 is 25.0 Å². The number of para-hydroxylation sites is 2. The number of carbonyl (C=O) groups is 1. The van der Waals surface area contributed by atoms with Crippen LogP contribution in [0.5, 0.6) is 11.5 Å². The smallest absolute Gasteiger partial charge is 0.267 e. The minimum absolute atomic E-state index is 0.0700. The second kappa shape index (κ2) is 6.87. The monoisotopic (exact) mass is 375 g/mol. The number of halogens is 1. The van der Waals surface area contributed by atoms with Gasteiger partial charge in [0.1, 0.15) is 17.6 Å². The second-order valence-electron chi connectivity index (χ2n) is 6.08. The van der Waals surface area contributed by atoms with Gasteiger partial charge in [-0.3, -0.25) is 4.79 Å². The molecule has 2 N–H and O–H groups in total. The predicted molar refractivity (Wildman–Crippen MR) is 96.6 cm³/mol. The van der Waals surface area contributed by atoms with Crippen LogP contribution in [0.15, 0.2) is 30.3 Å². The first-order valence-electron chi connectivity index (χ1n) is 8.32. The predicted octanol–water partition coefficient (Wildman–Crippen LogP) is 1.20. The Balaban J connectivity index is 1.38. The average Bonchev–Trinajstić information content (AvgIpc) is 2.66. The Morgan fingerprint density at radius 2 is 1.88 bits per heavy atom. The maximum Gasteiger partial charge on any atom is 0.267 e. The van der Waals surface area contributed by atoms with Crippen molar-refractivity contribution < 1.29 is 14.3 Å². The maximum atomic E-state index is 12.8. The summed E-state index contributed by atoms with van der Waals surface area (Å²) in [6, 6.07) is 9.02. The minimum Gasteiger partial charge on any atom is -0.485 e. The van der Waals surface area contributed by atoms with Crippen molar-refractivity contribution in [3.8, 4) is 11.5 Å². The second-order valence-corrected chi connectivity index (χ2v) is 6.47. The number of aromatic nitrogens is 2. The van der Waals surface area contributed by atoms with Gasteiger partial charge in [-0.2, -0.15) is 4.98 Å². The molecule has 3 heterocycles. The lowest BCUT2D eigenvalue weighted by molar-refractivity contribution is -0.141. The lowest BCUT2D eigenvalue weighted by atomic mass is 10.2. The van der Waals surface area contributed by atoms with E-state index in [1.807, 2.05) is 23.1 Å². The number of carbonyl (C=O) groups excluding carboxylic acids is 1. The van der Waals surface area contributed by atoms with Gasteiger partial charge in [-0.25, -0.2) is 4.98 Å². The van der Waals surface area contributed by atoms with Gasteiger partial charge in [-0.15, -0.1) is 0 Å². The van der Waals surface area contributed by atoms with Crippen molar-refractivity contribution in [1.82, 2.24) is 14.9 Å². The van der Waals surface area contributed by atoms with E-state index in [1.54, 1.807) is 17.0 Å².